The predicted octanol–water partition coefficient (Wildman–Crippen LogP) is 1.07. The van der Waals surface area contributed by atoms with E-state index in [0.29, 0.717) is 19.6 Å². The second-order valence-corrected chi connectivity index (χ2v) is 7.73. The van der Waals surface area contributed by atoms with Crippen LogP contribution in [0.5, 0.6) is 0 Å². The molecule has 5 nitrogen and oxygen atoms in total. The van der Waals surface area contributed by atoms with Gasteiger partial charge in [-0.2, -0.15) is 0 Å². The molecule has 0 radical (unpaired) electrons. The molecular weight excluding hydrogens is 350 g/mol. The van der Waals surface area contributed by atoms with Gasteiger partial charge in [0.25, 0.3) is 5.91 Å². The van der Waals surface area contributed by atoms with E-state index in [4.69, 9.17) is 0 Å². The Morgan fingerprint density at radius 1 is 0.929 bits per heavy atom. The van der Waals surface area contributed by atoms with E-state index in [1.807, 2.05) is 79.4 Å². The van der Waals surface area contributed by atoms with Crippen LogP contribution >= 0.6 is 0 Å². The van der Waals surface area contributed by atoms with Gasteiger partial charge in [-0.05, 0) is 25.0 Å². The monoisotopic (exact) mass is 380 g/mol. The van der Waals surface area contributed by atoms with Crippen molar-refractivity contribution in [1.82, 2.24) is 10.2 Å². The summed E-state index contributed by atoms with van der Waals surface area (Å²) in [5.41, 5.74) is 2.04. The van der Waals surface area contributed by atoms with Gasteiger partial charge in [0, 0.05) is 6.04 Å². The number of benzene rings is 2. The highest BCUT2D eigenvalue weighted by Crippen LogP contribution is 2.26. The first-order valence-electron chi connectivity index (χ1n) is 10.1. The van der Waals surface area contributed by atoms with Crippen molar-refractivity contribution >= 4 is 11.8 Å². The Labute approximate surface area is 167 Å². The molecule has 0 aliphatic carbocycles. The lowest BCUT2D eigenvalue weighted by Crippen LogP contribution is -3.16. The quantitative estimate of drug-likeness (QED) is 0.788. The summed E-state index contributed by atoms with van der Waals surface area (Å²) in [6, 6.07) is 20.1. The SMILES string of the molecule is CC(C)NC(=O)C[NH+]1CCN(C(=O)C(c2ccccc2)c2ccccc2)CC1. The van der Waals surface area contributed by atoms with Gasteiger partial charge in [-0.25, -0.2) is 0 Å². The van der Waals surface area contributed by atoms with Crippen LogP contribution < -0.4 is 10.2 Å². The van der Waals surface area contributed by atoms with Crippen molar-refractivity contribution in [2.24, 2.45) is 0 Å². The fourth-order valence-electron chi connectivity index (χ4n) is 3.77. The summed E-state index contributed by atoms with van der Waals surface area (Å²) in [5.74, 6) is -0.0625. The Morgan fingerprint density at radius 2 is 1.43 bits per heavy atom. The zero-order valence-electron chi connectivity index (χ0n) is 16.7. The van der Waals surface area contributed by atoms with Crippen molar-refractivity contribution in [1.29, 1.82) is 0 Å². The van der Waals surface area contributed by atoms with Gasteiger partial charge in [-0.15, -0.1) is 0 Å². The molecule has 0 unspecified atom stereocenters. The number of rotatable bonds is 6. The van der Waals surface area contributed by atoms with E-state index in [-0.39, 0.29) is 23.8 Å². The first kappa shape index (κ1) is 20.1. The molecular formula is C23H30N3O2+. The average molecular weight is 381 g/mol. The van der Waals surface area contributed by atoms with Crippen molar-refractivity contribution < 1.29 is 14.5 Å². The van der Waals surface area contributed by atoms with Crippen molar-refractivity contribution in [3.8, 4) is 0 Å². The van der Waals surface area contributed by atoms with Gasteiger partial charge >= 0.3 is 0 Å². The van der Waals surface area contributed by atoms with Crippen molar-refractivity contribution in [3.05, 3.63) is 71.8 Å². The van der Waals surface area contributed by atoms with Crippen LogP contribution in [0.25, 0.3) is 0 Å². The molecule has 0 aromatic heterocycles. The molecule has 0 atom stereocenters. The lowest BCUT2D eigenvalue weighted by atomic mass is 9.90. The zero-order chi connectivity index (χ0) is 19.9. The number of quaternary nitrogens is 1. The second kappa shape index (κ2) is 9.51. The molecule has 2 N–H and O–H groups in total. The number of hydrogen-bond acceptors (Lipinski definition) is 2. The van der Waals surface area contributed by atoms with E-state index in [0.717, 1.165) is 24.2 Å². The van der Waals surface area contributed by atoms with Crippen molar-refractivity contribution in [2.45, 2.75) is 25.8 Å². The van der Waals surface area contributed by atoms with Crippen LogP contribution in [0.1, 0.15) is 30.9 Å². The Bertz CT molecular complexity index is 729. The highest BCUT2D eigenvalue weighted by atomic mass is 16.2. The number of nitrogens with zero attached hydrogens (tertiary/aromatic N) is 1. The molecule has 3 rings (SSSR count). The van der Waals surface area contributed by atoms with E-state index >= 15 is 0 Å². The third-order valence-corrected chi connectivity index (χ3v) is 5.16. The predicted molar refractivity (Wildman–Crippen MR) is 110 cm³/mol. The molecule has 2 aromatic carbocycles. The molecule has 1 heterocycles. The van der Waals surface area contributed by atoms with Gasteiger partial charge in [0.2, 0.25) is 5.91 Å². The first-order chi connectivity index (χ1) is 13.5. The molecule has 0 bridgehead atoms. The topological polar surface area (TPSA) is 53.9 Å². The Balaban J connectivity index is 1.67. The molecule has 148 valence electrons. The van der Waals surface area contributed by atoms with E-state index in [9.17, 15) is 9.59 Å². The second-order valence-electron chi connectivity index (χ2n) is 7.73. The number of piperazine rings is 1. The minimum atomic E-state index is -0.284. The first-order valence-corrected chi connectivity index (χ1v) is 10.1. The number of carbonyl (C=O) groups is 2. The fourth-order valence-corrected chi connectivity index (χ4v) is 3.77. The van der Waals surface area contributed by atoms with Crippen molar-refractivity contribution in [2.75, 3.05) is 32.7 Å². The summed E-state index contributed by atoms with van der Waals surface area (Å²) in [5, 5.41) is 2.94. The lowest BCUT2D eigenvalue weighted by Gasteiger charge is -2.34. The third kappa shape index (κ3) is 5.20. The molecule has 1 fully saturated rings. The van der Waals surface area contributed by atoms with Crippen LogP contribution in [0.2, 0.25) is 0 Å². The van der Waals surface area contributed by atoms with Gasteiger partial charge in [0.1, 0.15) is 0 Å². The molecule has 5 heteroatoms. The Morgan fingerprint density at radius 3 is 1.89 bits per heavy atom. The summed E-state index contributed by atoms with van der Waals surface area (Å²) >= 11 is 0. The molecule has 2 amide bonds. The largest absolute Gasteiger partial charge is 0.349 e. The smallest absolute Gasteiger partial charge is 0.275 e. The van der Waals surface area contributed by atoms with Gasteiger partial charge in [0.05, 0.1) is 32.1 Å². The maximum atomic E-state index is 13.4. The van der Waals surface area contributed by atoms with Crippen LogP contribution in [-0.2, 0) is 9.59 Å². The van der Waals surface area contributed by atoms with E-state index in [1.165, 1.54) is 4.90 Å². The van der Waals surface area contributed by atoms with E-state index in [2.05, 4.69) is 5.32 Å². The van der Waals surface area contributed by atoms with Crippen LogP contribution in [0.15, 0.2) is 60.7 Å². The van der Waals surface area contributed by atoms with Crippen LogP contribution in [0, 0.1) is 0 Å². The summed E-state index contributed by atoms with van der Waals surface area (Å²) in [4.78, 5) is 28.6. The average Bonchev–Trinajstić information content (AvgIpc) is 2.70. The standard InChI is InChI=1S/C23H29N3O2/c1-18(2)24-21(27)17-25-13-15-26(16-14-25)23(28)22(19-9-5-3-6-10-19)20-11-7-4-8-12-20/h3-12,18,22H,13-17H2,1-2H3,(H,24,27)/p+1. The van der Waals surface area contributed by atoms with Gasteiger partial charge < -0.3 is 15.1 Å². The van der Waals surface area contributed by atoms with Crippen LogP contribution in [0.4, 0.5) is 0 Å². The maximum Gasteiger partial charge on any atom is 0.275 e. The minimum Gasteiger partial charge on any atom is -0.349 e. The molecule has 1 aliphatic heterocycles. The summed E-state index contributed by atoms with van der Waals surface area (Å²) < 4.78 is 0. The molecule has 2 aromatic rings. The third-order valence-electron chi connectivity index (χ3n) is 5.16. The van der Waals surface area contributed by atoms with Crippen LogP contribution in [0.3, 0.4) is 0 Å². The maximum absolute atomic E-state index is 13.4. The number of hydrogen-bond donors (Lipinski definition) is 2. The lowest BCUT2D eigenvalue weighted by molar-refractivity contribution is -0.896. The highest BCUT2D eigenvalue weighted by molar-refractivity contribution is 5.87. The molecule has 0 saturated carbocycles. The van der Waals surface area contributed by atoms with E-state index in [1.54, 1.807) is 0 Å². The van der Waals surface area contributed by atoms with Crippen LogP contribution in [-0.4, -0.2) is 55.5 Å². The summed E-state index contributed by atoms with van der Waals surface area (Å²) in [7, 11) is 0. The fraction of sp³-hybridized carbons (Fsp3) is 0.391. The molecule has 28 heavy (non-hydrogen) atoms. The molecule has 1 saturated heterocycles. The Hall–Kier alpha value is -2.66. The molecule has 0 spiro atoms. The summed E-state index contributed by atoms with van der Waals surface area (Å²) in [6.45, 7) is 7.37. The Kier molecular flexibility index (Phi) is 6.82. The van der Waals surface area contributed by atoms with Gasteiger partial charge in [-0.3, -0.25) is 9.59 Å². The van der Waals surface area contributed by atoms with Crippen molar-refractivity contribution in [3.63, 3.8) is 0 Å². The normalized spacial score (nSPS) is 15.1. The summed E-state index contributed by atoms with van der Waals surface area (Å²) in [6.07, 6.45) is 0. The number of amides is 2. The van der Waals surface area contributed by atoms with Gasteiger partial charge in [0.15, 0.2) is 6.54 Å². The molecule has 1 aliphatic rings. The zero-order valence-corrected chi connectivity index (χ0v) is 16.7. The number of carbonyl (C=O) groups excluding carboxylic acids is 2. The minimum absolute atomic E-state index is 0.0798. The van der Waals surface area contributed by atoms with E-state index < -0.39 is 0 Å². The highest BCUT2D eigenvalue weighted by Gasteiger charge is 2.31. The van der Waals surface area contributed by atoms with Gasteiger partial charge in [-0.1, -0.05) is 60.7 Å². The number of nitrogens with one attached hydrogen (secondary N) is 2.